The van der Waals surface area contributed by atoms with Gasteiger partial charge in [-0.2, -0.15) is 0 Å². The van der Waals surface area contributed by atoms with Gasteiger partial charge in [-0.3, -0.25) is 0 Å². The summed E-state index contributed by atoms with van der Waals surface area (Å²) in [7, 11) is 2.00. The first kappa shape index (κ1) is 12.0. The van der Waals surface area contributed by atoms with Gasteiger partial charge in [0.1, 0.15) is 16.7 Å². The molecule has 2 rings (SSSR count). The summed E-state index contributed by atoms with van der Waals surface area (Å²) in [6, 6.07) is 8.34. The maximum Gasteiger partial charge on any atom is 0.137 e. The Morgan fingerprint density at radius 3 is 2.24 bits per heavy atom. The molecule has 0 radical (unpaired) electrons. The zero-order valence-electron chi connectivity index (χ0n) is 10.1. The summed E-state index contributed by atoms with van der Waals surface area (Å²) in [5.74, 6) is 0.872. The molecular weight excluding hydrogens is 278 g/mol. The van der Waals surface area contributed by atoms with Gasteiger partial charge in [0.2, 0.25) is 0 Å². The van der Waals surface area contributed by atoms with E-state index in [1.54, 1.807) is 6.33 Å². The van der Waals surface area contributed by atoms with Gasteiger partial charge in [-0.25, -0.2) is 9.97 Å². The number of rotatable bonds is 2. The smallest absolute Gasteiger partial charge is 0.137 e. The highest BCUT2D eigenvalue weighted by molar-refractivity contribution is 9.10. The second-order valence-electron chi connectivity index (χ2n) is 4.10. The van der Waals surface area contributed by atoms with Gasteiger partial charge < -0.3 is 4.90 Å². The molecule has 17 heavy (non-hydrogen) atoms. The third kappa shape index (κ3) is 2.82. The van der Waals surface area contributed by atoms with Crippen molar-refractivity contribution in [1.82, 2.24) is 9.97 Å². The highest BCUT2D eigenvalue weighted by Crippen LogP contribution is 2.24. The fraction of sp³-hybridized carbons (Fsp3) is 0.231. The van der Waals surface area contributed by atoms with E-state index in [4.69, 9.17) is 0 Å². The summed E-state index contributed by atoms with van der Waals surface area (Å²) in [6.45, 7) is 4.19. The average molecular weight is 292 g/mol. The molecule has 0 aliphatic rings. The van der Waals surface area contributed by atoms with Crippen molar-refractivity contribution in [3.63, 3.8) is 0 Å². The van der Waals surface area contributed by atoms with Crippen LogP contribution in [0.25, 0.3) is 0 Å². The van der Waals surface area contributed by atoms with Crippen LogP contribution in [0.3, 0.4) is 0 Å². The Morgan fingerprint density at radius 1 is 1.00 bits per heavy atom. The van der Waals surface area contributed by atoms with Crippen molar-refractivity contribution >= 4 is 27.4 Å². The van der Waals surface area contributed by atoms with E-state index in [2.05, 4.69) is 57.9 Å². The summed E-state index contributed by atoms with van der Waals surface area (Å²) in [4.78, 5) is 10.3. The molecule has 0 bridgehead atoms. The van der Waals surface area contributed by atoms with Crippen molar-refractivity contribution in [2.45, 2.75) is 13.8 Å². The minimum atomic E-state index is 0.790. The van der Waals surface area contributed by atoms with Gasteiger partial charge in [0, 0.05) is 18.8 Å². The Labute approximate surface area is 110 Å². The molecule has 0 N–H and O–H groups in total. The molecular formula is C13H14BrN3. The molecule has 0 saturated carbocycles. The van der Waals surface area contributed by atoms with Crippen LogP contribution in [-0.4, -0.2) is 17.0 Å². The maximum absolute atomic E-state index is 4.26. The molecule has 1 heterocycles. The van der Waals surface area contributed by atoms with Crippen LogP contribution in [-0.2, 0) is 0 Å². The molecule has 0 aliphatic heterocycles. The fourth-order valence-electron chi connectivity index (χ4n) is 1.78. The van der Waals surface area contributed by atoms with Gasteiger partial charge in [0.25, 0.3) is 0 Å². The van der Waals surface area contributed by atoms with E-state index in [9.17, 15) is 0 Å². The van der Waals surface area contributed by atoms with Crippen LogP contribution in [0.15, 0.2) is 35.2 Å². The topological polar surface area (TPSA) is 29.0 Å². The first-order valence-electron chi connectivity index (χ1n) is 5.36. The highest BCUT2D eigenvalue weighted by atomic mass is 79.9. The minimum absolute atomic E-state index is 0.790. The molecule has 1 aromatic carbocycles. The molecule has 0 atom stereocenters. The highest BCUT2D eigenvalue weighted by Gasteiger charge is 2.06. The number of hydrogen-bond donors (Lipinski definition) is 0. The van der Waals surface area contributed by atoms with Crippen LogP contribution < -0.4 is 4.90 Å². The van der Waals surface area contributed by atoms with Crippen molar-refractivity contribution in [1.29, 1.82) is 0 Å². The number of aromatic nitrogens is 2. The molecule has 0 amide bonds. The van der Waals surface area contributed by atoms with E-state index >= 15 is 0 Å². The lowest BCUT2D eigenvalue weighted by Crippen LogP contribution is -2.11. The zero-order chi connectivity index (χ0) is 12.4. The first-order valence-corrected chi connectivity index (χ1v) is 6.15. The predicted octanol–water partition coefficient (Wildman–Crippen LogP) is 3.62. The van der Waals surface area contributed by atoms with Crippen molar-refractivity contribution in [3.8, 4) is 0 Å². The SMILES string of the molecule is Cc1cc(C)cc(N(C)c2cc(Br)ncn2)c1. The summed E-state index contributed by atoms with van der Waals surface area (Å²) in [5.41, 5.74) is 3.63. The summed E-state index contributed by atoms with van der Waals surface area (Å²) >= 11 is 3.35. The molecule has 0 aliphatic carbocycles. The Bertz CT molecular complexity index is 520. The van der Waals surface area contributed by atoms with Gasteiger partial charge in [-0.05, 0) is 53.0 Å². The largest absolute Gasteiger partial charge is 0.329 e. The number of nitrogens with zero attached hydrogens (tertiary/aromatic N) is 3. The Kier molecular flexibility index (Phi) is 3.43. The van der Waals surface area contributed by atoms with Gasteiger partial charge in [-0.15, -0.1) is 0 Å². The van der Waals surface area contributed by atoms with E-state index in [1.165, 1.54) is 11.1 Å². The second kappa shape index (κ2) is 4.84. The van der Waals surface area contributed by atoms with Gasteiger partial charge in [0.05, 0.1) is 0 Å². The van der Waals surface area contributed by atoms with E-state index < -0.39 is 0 Å². The molecule has 3 nitrogen and oxygen atoms in total. The minimum Gasteiger partial charge on any atom is -0.329 e. The Morgan fingerprint density at radius 2 is 1.65 bits per heavy atom. The summed E-state index contributed by atoms with van der Waals surface area (Å²) in [5, 5.41) is 0. The van der Waals surface area contributed by atoms with Crippen LogP contribution in [0.5, 0.6) is 0 Å². The molecule has 0 unspecified atom stereocenters. The Balaban J connectivity index is 2.39. The normalized spacial score (nSPS) is 10.4. The van der Waals surface area contributed by atoms with Crippen molar-refractivity contribution < 1.29 is 0 Å². The van der Waals surface area contributed by atoms with Crippen LogP contribution in [0, 0.1) is 13.8 Å². The predicted molar refractivity (Wildman–Crippen MR) is 73.7 cm³/mol. The number of aryl methyl sites for hydroxylation is 2. The monoisotopic (exact) mass is 291 g/mol. The quantitative estimate of drug-likeness (QED) is 0.792. The number of halogens is 1. The van der Waals surface area contributed by atoms with Gasteiger partial charge in [-0.1, -0.05) is 6.07 Å². The molecule has 0 fully saturated rings. The van der Waals surface area contributed by atoms with Crippen molar-refractivity contribution in [2.75, 3.05) is 11.9 Å². The van der Waals surface area contributed by atoms with Crippen molar-refractivity contribution in [3.05, 3.63) is 46.3 Å². The molecule has 4 heteroatoms. The Hall–Kier alpha value is -1.42. The summed E-state index contributed by atoms with van der Waals surface area (Å²) in [6.07, 6.45) is 1.55. The lowest BCUT2D eigenvalue weighted by Gasteiger charge is -2.19. The van der Waals surface area contributed by atoms with E-state index in [-0.39, 0.29) is 0 Å². The second-order valence-corrected chi connectivity index (χ2v) is 4.92. The lowest BCUT2D eigenvalue weighted by molar-refractivity contribution is 1.06. The molecule has 0 saturated heterocycles. The maximum atomic E-state index is 4.26. The third-order valence-electron chi connectivity index (χ3n) is 2.56. The molecule has 1 aromatic heterocycles. The van der Waals surface area contributed by atoms with E-state index in [0.717, 1.165) is 16.1 Å². The van der Waals surface area contributed by atoms with Crippen LogP contribution in [0.2, 0.25) is 0 Å². The number of hydrogen-bond acceptors (Lipinski definition) is 3. The number of anilines is 2. The summed E-state index contributed by atoms with van der Waals surface area (Å²) < 4.78 is 0.790. The van der Waals surface area contributed by atoms with Crippen LogP contribution in [0.1, 0.15) is 11.1 Å². The van der Waals surface area contributed by atoms with Crippen molar-refractivity contribution in [2.24, 2.45) is 0 Å². The molecule has 2 aromatic rings. The third-order valence-corrected chi connectivity index (χ3v) is 2.99. The van der Waals surface area contributed by atoms with Gasteiger partial charge in [0.15, 0.2) is 0 Å². The molecule has 0 spiro atoms. The number of benzene rings is 1. The fourth-order valence-corrected chi connectivity index (χ4v) is 2.08. The zero-order valence-corrected chi connectivity index (χ0v) is 11.7. The van der Waals surface area contributed by atoms with Crippen LogP contribution >= 0.6 is 15.9 Å². The van der Waals surface area contributed by atoms with E-state index in [0.29, 0.717) is 0 Å². The van der Waals surface area contributed by atoms with Gasteiger partial charge >= 0.3 is 0 Å². The van der Waals surface area contributed by atoms with Crippen LogP contribution in [0.4, 0.5) is 11.5 Å². The first-order chi connectivity index (χ1) is 8.06. The lowest BCUT2D eigenvalue weighted by atomic mass is 10.1. The molecule has 88 valence electrons. The van der Waals surface area contributed by atoms with E-state index in [1.807, 2.05) is 18.0 Å². The average Bonchev–Trinajstić information content (AvgIpc) is 2.26. The standard InChI is InChI=1S/C13H14BrN3/c1-9-4-10(2)6-11(5-9)17(3)13-7-12(14)15-8-16-13/h4-8H,1-3H3.